The minimum absolute atomic E-state index is 1.07. The largest absolute Gasteiger partial charge is 0.247 e. The summed E-state index contributed by atoms with van der Waals surface area (Å²) in [5, 5.41) is 4.64. The van der Waals surface area contributed by atoms with Crippen LogP contribution in [0.1, 0.15) is 5.56 Å². The maximum Gasteiger partial charge on any atom is 0.0796 e. The summed E-state index contributed by atoms with van der Waals surface area (Å²) in [7, 11) is 0. The standard InChI is InChI=1S/C18H13NS/c1-12-6-8-13(9-7-12)17-15-10-11-20-18(15)14-4-2-3-5-16(14)19-17/h2-11H,1H3. The summed E-state index contributed by atoms with van der Waals surface area (Å²) in [6, 6.07) is 19.1. The fourth-order valence-corrected chi connectivity index (χ4v) is 3.51. The van der Waals surface area contributed by atoms with Crippen molar-refractivity contribution in [3.05, 3.63) is 65.5 Å². The van der Waals surface area contributed by atoms with E-state index < -0.39 is 0 Å². The monoisotopic (exact) mass is 275 g/mol. The lowest BCUT2D eigenvalue weighted by atomic mass is 10.0. The van der Waals surface area contributed by atoms with Crippen LogP contribution in [0, 0.1) is 6.92 Å². The molecule has 0 N–H and O–H groups in total. The van der Waals surface area contributed by atoms with E-state index in [2.05, 4.69) is 60.8 Å². The van der Waals surface area contributed by atoms with E-state index in [1.165, 1.54) is 26.6 Å². The first-order valence-electron chi connectivity index (χ1n) is 6.66. The first-order valence-corrected chi connectivity index (χ1v) is 7.54. The summed E-state index contributed by atoms with van der Waals surface area (Å²) in [4.78, 5) is 4.88. The van der Waals surface area contributed by atoms with E-state index in [1.807, 2.05) is 6.07 Å². The Balaban J connectivity index is 2.11. The number of nitrogens with zero attached hydrogens (tertiary/aromatic N) is 1. The number of fused-ring (bicyclic) bond motifs is 3. The second-order valence-corrected chi connectivity index (χ2v) is 5.92. The molecule has 0 unspecified atom stereocenters. The van der Waals surface area contributed by atoms with Gasteiger partial charge in [-0.2, -0.15) is 0 Å². The summed E-state index contributed by atoms with van der Waals surface area (Å²) < 4.78 is 1.33. The summed E-state index contributed by atoms with van der Waals surface area (Å²) in [6.45, 7) is 2.11. The zero-order chi connectivity index (χ0) is 13.5. The molecule has 2 heteroatoms. The van der Waals surface area contributed by atoms with Gasteiger partial charge in [0.05, 0.1) is 11.2 Å². The summed E-state index contributed by atoms with van der Waals surface area (Å²) in [5.74, 6) is 0. The number of hydrogen-bond acceptors (Lipinski definition) is 2. The summed E-state index contributed by atoms with van der Waals surface area (Å²) in [5.41, 5.74) is 4.61. The van der Waals surface area contributed by atoms with Gasteiger partial charge < -0.3 is 0 Å². The third kappa shape index (κ3) is 1.73. The zero-order valence-electron chi connectivity index (χ0n) is 11.1. The van der Waals surface area contributed by atoms with Crippen LogP contribution in [-0.2, 0) is 0 Å². The molecule has 2 aromatic carbocycles. The third-order valence-corrected chi connectivity index (χ3v) is 4.57. The molecule has 20 heavy (non-hydrogen) atoms. The van der Waals surface area contributed by atoms with E-state index in [0.29, 0.717) is 0 Å². The molecule has 4 rings (SSSR count). The Morgan fingerprint density at radius 2 is 1.65 bits per heavy atom. The van der Waals surface area contributed by atoms with Crippen LogP contribution >= 0.6 is 11.3 Å². The van der Waals surface area contributed by atoms with Crippen molar-refractivity contribution < 1.29 is 0 Å². The van der Waals surface area contributed by atoms with Crippen LogP contribution in [0.3, 0.4) is 0 Å². The Kier molecular flexibility index (Phi) is 2.57. The van der Waals surface area contributed by atoms with E-state index >= 15 is 0 Å². The molecule has 0 aliphatic carbocycles. The molecule has 0 atom stereocenters. The molecule has 0 amide bonds. The van der Waals surface area contributed by atoms with Gasteiger partial charge in [0.25, 0.3) is 0 Å². The molecule has 0 radical (unpaired) electrons. The number of thiophene rings is 1. The van der Waals surface area contributed by atoms with Gasteiger partial charge in [-0.3, -0.25) is 0 Å². The Morgan fingerprint density at radius 3 is 2.50 bits per heavy atom. The molecule has 2 heterocycles. The second-order valence-electron chi connectivity index (χ2n) is 5.01. The van der Waals surface area contributed by atoms with Crippen molar-refractivity contribution in [3.63, 3.8) is 0 Å². The molecule has 0 saturated carbocycles. The van der Waals surface area contributed by atoms with Crippen molar-refractivity contribution in [1.82, 2.24) is 4.98 Å². The molecular weight excluding hydrogens is 262 g/mol. The van der Waals surface area contributed by atoms with Crippen LogP contribution < -0.4 is 0 Å². The van der Waals surface area contributed by atoms with Gasteiger partial charge in [0, 0.05) is 21.0 Å². The molecule has 2 aromatic heterocycles. The lowest BCUT2D eigenvalue weighted by molar-refractivity contribution is 1.41. The second kappa shape index (κ2) is 4.43. The Labute approximate surface area is 121 Å². The number of rotatable bonds is 1. The Bertz CT molecular complexity index is 904. The molecule has 0 aliphatic rings. The normalized spacial score (nSPS) is 11.2. The van der Waals surface area contributed by atoms with E-state index in [0.717, 1.165) is 11.2 Å². The van der Waals surface area contributed by atoms with Gasteiger partial charge in [-0.05, 0) is 24.4 Å². The highest BCUT2D eigenvalue weighted by molar-refractivity contribution is 7.18. The number of aryl methyl sites for hydroxylation is 1. The molecule has 0 spiro atoms. The van der Waals surface area contributed by atoms with E-state index in [9.17, 15) is 0 Å². The number of aromatic nitrogens is 1. The van der Waals surface area contributed by atoms with Crippen LogP contribution in [0.2, 0.25) is 0 Å². The highest BCUT2D eigenvalue weighted by Gasteiger charge is 2.10. The average molecular weight is 275 g/mol. The lowest BCUT2D eigenvalue weighted by Gasteiger charge is -2.07. The highest BCUT2D eigenvalue weighted by Crippen LogP contribution is 2.35. The third-order valence-electron chi connectivity index (χ3n) is 3.63. The molecular formula is C18H13NS. The molecule has 0 aliphatic heterocycles. The van der Waals surface area contributed by atoms with Crippen molar-refractivity contribution >= 4 is 32.3 Å². The number of para-hydroxylation sites is 1. The molecule has 0 fully saturated rings. The SMILES string of the molecule is Cc1ccc(-c2nc3ccccc3c3sccc23)cc1. The first-order chi connectivity index (χ1) is 9.83. The average Bonchev–Trinajstić information content (AvgIpc) is 2.97. The minimum atomic E-state index is 1.07. The predicted octanol–water partition coefficient (Wildman–Crippen LogP) is 5.42. The molecule has 0 bridgehead atoms. The lowest BCUT2D eigenvalue weighted by Crippen LogP contribution is -1.87. The fraction of sp³-hybridized carbons (Fsp3) is 0.0556. The van der Waals surface area contributed by atoms with E-state index in [1.54, 1.807) is 11.3 Å². The first kappa shape index (κ1) is 11.6. The summed E-state index contributed by atoms with van der Waals surface area (Å²) >= 11 is 1.79. The van der Waals surface area contributed by atoms with Gasteiger partial charge in [0.1, 0.15) is 0 Å². The van der Waals surface area contributed by atoms with Crippen molar-refractivity contribution in [2.24, 2.45) is 0 Å². The van der Waals surface area contributed by atoms with Crippen molar-refractivity contribution in [2.75, 3.05) is 0 Å². The Morgan fingerprint density at radius 1 is 0.850 bits per heavy atom. The van der Waals surface area contributed by atoms with Crippen LogP contribution in [0.4, 0.5) is 0 Å². The molecule has 0 saturated heterocycles. The molecule has 96 valence electrons. The van der Waals surface area contributed by atoms with Crippen LogP contribution in [0.5, 0.6) is 0 Å². The van der Waals surface area contributed by atoms with Gasteiger partial charge >= 0.3 is 0 Å². The van der Waals surface area contributed by atoms with Crippen LogP contribution in [-0.4, -0.2) is 4.98 Å². The quantitative estimate of drug-likeness (QED) is 0.451. The molecule has 1 nitrogen and oxygen atoms in total. The number of benzene rings is 2. The van der Waals surface area contributed by atoms with E-state index in [-0.39, 0.29) is 0 Å². The van der Waals surface area contributed by atoms with Crippen molar-refractivity contribution in [2.45, 2.75) is 6.92 Å². The smallest absolute Gasteiger partial charge is 0.0796 e. The van der Waals surface area contributed by atoms with Crippen LogP contribution in [0.25, 0.3) is 32.2 Å². The number of hydrogen-bond donors (Lipinski definition) is 0. The zero-order valence-corrected chi connectivity index (χ0v) is 11.9. The van der Waals surface area contributed by atoms with Crippen molar-refractivity contribution in [1.29, 1.82) is 0 Å². The van der Waals surface area contributed by atoms with Crippen LogP contribution in [0.15, 0.2) is 60.0 Å². The van der Waals surface area contributed by atoms with E-state index in [4.69, 9.17) is 4.98 Å². The maximum atomic E-state index is 4.88. The Hall–Kier alpha value is -2.19. The predicted molar refractivity (Wildman–Crippen MR) is 87.3 cm³/mol. The van der Waals surface area contributed by atoms with Crippen molar-refractivity contribution in [3.8, 4) is 11.3 Å². The summed E-state index contributed by atoms with van der Waals surface area (Å²) in [6.07, 6.45) is 0. The van der Waals surface area contributed by atoms with Gasteiger partial charge in [-0.15, -0.1) is 11.3 Å². The van der Waals surface area contributed by atoms with Gasteiger partial charge in [-0.25, -0.2) is 4.98 Å². The van der Waals surface area contributed by atoms with Gasteiger partial charge in [0.2, 0.25) is 0 Å². The maximum absolute atomic E-state index is 4.88. The van der Waals surface area contributed by atoms with Gasteiger partial charge in [0.15, 0.2) is 0 Å². The molecule has 4 aromatic rings. The number of pyridine rings is 1. The minimum Gasteiger partial charge on any atom is -0.247 e. The fourth-order valence-electron chi connectivity index (χ4n) is 2.58. The topological polar surface area (TPSA) is 12.9 Å². The van der Waals surface area contributed by atoms with Gasteiger partial charge in [-0.1, -0.05) is 48.0 Å². The highest BCUT2D eigenvalue weighted by atomic mass is 32.1.